The van der Waals surface area contributed by atoms with Crippen LogP contribution < -0.4 is 15.6 Å². The predicted octanol–water partition coefficient (Wildman–Crippen LogP) is 2.80. The van der Waals surface area contributed by atoms with E-state index in [0.29, 0.717) is 32.0 Å². The molecule has 11 heteroatoms. The highest BCUT2D eigenvalue weighted by atomic mass is 19.1. The molecular formula is C23H27FN8O2. The highest BCUT2D eigenvalue weighted by Crippen LogP contribution is 2.24. The van der Waals surface area contributed by atoms with Crippen LogP contribution in [0.15, 0.2) is 47.8 Å². The topological polar surface area (TPSA) is 111 Å². The van der Waals surface area contributed by atoms with Crippen molar-refractivity contribution >= 4 is 29.4 Å². The number of aromatic hydroxyl groups is 1. The Morgan fingerprint density at radius 1 is 1.15 bits per heavy atom. The van der Waals surface area contributed by atoms with E-state index in [0.717, 1.165) is 29.7 Å². The molecule has 0 aliphatic carbocycles. The number of nitrogens with zero attached hydrogens (tertiary/aromatic N) is 6. The zero-order chi connectivity index (χ0) is 23.9. The molecule has 1 saturated heterocycles. The van der Waals surface area contributed by atoms with Crippen LogP contribution in [0.3, 0.4) is 0 Å². The van der Waals surface area contributed by atoms with Gasteiger partial charge in [0.1, 0.15) is 5.75 Å². The normalized spacial score (nSPS) is 14.1. The fourth-order valence-electron chi connectivity index (χ4n) is 3.49. The molecule has 2 aromatic heterocycles. The van der Waals surface area contributed by atoms with E-state index in [4.69, 9.17) is 4.74 Å². The van der Waals surface area contributed by atoms with Crippen molar-refractivity contribution in [2.45, 2.75) is 6.54 Å². The van der Waals surface area contributed by atoms with E-state index < -0.39 is 5.82 Å². The Kier molecular flexibility index (Phi) is 7.45. The highest BCUT2D eigenvalue weighted by Gasteiger charge is 2.17. The zero-order valence-electron chi connectivity index (χ0n) is 19.1. The molecule has 34 heavy (non-hydrogen) atoms. The molecule has 0 unspecified atom stereocenters. The number of hydrogen-bond donors (Lipinski definition) is 3. The number of halogens is 1. The Morgan fingerprint density at radius 2 is 1.97 bits per heavy atom. The van der Waals surface area contributed by atoms with Crippen LogP contribution in [0.5, 0.6) is 5.75 Å². The van der Waals surface area contributed by atoms with E-state index in [1.165, 1.54) is 6.21 Å². The van der Waals surface area contributed by atoms with Gasteiger partial charge in [-0.3, -0.25) is 4.98 Å². The second-order valence-corrected chi connectivity index (χ2v) is 8.06. The number of phenolic OH excluding ortho intramolecular Hbond substituents is 1. The number of benzene rings is 1. The average molecular weight is 467 g/mol. The number of phenols is 1. The SMILES string of the molecule is CN(C)Cc1cc(O)cc(Nc2ccc(/C=N/Nc3ncc(F)c(N4CCOCC4)n3)nc2)c1. The molecule has 1 aliphatic heterocycles. The first-order valence-corrected chi connectivity index (χ1v) is 10.8. The number of morpholine rings is 1. The third kappa shape index (κ3) is 6.36. The minimum Gasteiger partial charge on any atom is -0.508 e. The lowest BCUT2D eigenvalue weighted by Crippen LogP contribution is -2.37. The Labute approximate surface area is 197 Å². The van der Waals surface area contributed by atoms with Crippen molar-refractivity contribution in [1.82, 2.24) is 19.9 Å². The maximum atomic E-state index is 14.1. The van der Waals surface area contributed by atoms with Gasteiger partial charge < -0.3 is 25.0 Å². The van der Waals surface area contributed by atoms with E-state index in [1.54, 1.807) is 24.4 Å². The molecule has 0 amide bonds. The largest absolute Gasteiger partial charge is 0.508 e. The van der Waals surface area contributed by atoms with Crippen molar-refractivity contribution in [3.63, 3.8) is 0 Å². The van der Waals surface area contributed by atoms with Crippen LogP contribution in [0.1, 0.15) is 11.3 Å². The Balaban J connectivity index is 1.37. The number of anilines is 4. The van der Waals surface area contributed by atoms with Crippen LogP contribution in [0.2, 0.25) is 0 Å². The van der Waals surface area contributed by atoms with E-state index in [2.05, 4.69) is 30.8 Å². The highest BCUT2D eigenvalue weighted by molar-refractivity contribution is 5.78. The number of pyridine rings is 1. The van der Waals surface area contributed by atoms with Crippen LogP contribution in [0.25, 0.3) is 0 Å². The van der Waals surface area contributed by atoms with Gasteiger partial charge in [0.15, 0.2) is 11.6 Å². The van der Waals surface area contributed by atoms with Crippen molar-refractivity contribution in [2.75, 3.05) is 56.0 Å². The minimum absolute atomic E-state index is 0.190. The number of hydrogen-bond acceptors (Lipinski definition) is 10. The van der Waals surface area contributed by atoms with E-state index in [9.17, 15) is 9.50 Å². The number of nitrogens with one attached hydrogen (secondary N) is 2. The van der Waals surface area contributed by atoms with Crippen molar-refractivity contribution < 1.29 is 14.2 Å². The minimum atomic E-state index is -0.484. The van der Waals surface area contributed by atoms with Crippen molar-refractivity contribution in [1.29, 1.82) is 0 Å². The lowest BCUT2D eigenvalue weighted by atomic mass is 10.1. The quantitative estimate of drug-likeness (QED) is 0.341. The molecule has 0 radical (unpaired) electrons. The Morgan fingerprint density at radius 3 is 2.71 bits per heavy atom. The summed E-state index contributed by atoms with van der Waals surface area (Å²) in [6.45, 7) is 2.92. The first-order chi connectivity index (χ1) is 16.5. The molecule has 1 aromatic carbocycles. The van der Waals surface area contributed by atoms with Crippen LogP contribution in [0.4, 0.5) is 27.5 Å². The summed E-state index contributed by atoms with van der Waals surface area (Å²) in [4.78, 5) is 16.4. The second kappa shape index (κ2) is 10.9. The smallest absolute Gasteiger partial charge is 0.245 e. The number of ether oxygens (including phenoxy) is 1. The van der Waals surface area contributed by atoms with Gasteiger partial charge in [-0.15, -0.1) is 0 Å². The van der Waals surface area contributed by atoms with Gasteiger partial charge in [-0.1, -0.05) is 0 Å². The zero-order valence-corrected chi connectivity index (χ0v) is 19.1. The summed E-state index contributed by atoms with van der Waals surface area (Å²) >= 11 is 0. The number of hydrazone groups is 1. The predicted molar refractivity (Wildman–Crippen MR) is 129 cm³/mol. The van der Waals surface area contributed by atoms with Crippen LogP contribution in [-0.2, 0) is 11.3 Å². The first-order valence-electron chi connectivity index (χ1n) is 10.8. The number of rotatable bonds is 8. The number of aromatic nitrogens is 3. The molecule has 0 atom stereocenters. The van der Waals surface area contributed by atoms with Gasteiger partial charge in [-0.2, -0.15) is 10.1 Å². The monoisotopic (exact) mass is 466 g/mol. The second-order valence-electron chi connectivity index (χ2n) is 8.06. The molecular weight excluding hydrogens is 439 g/mol. The van der Waals surface area contributed by atoms with Gasteiger partial charge in [0, 0.05) is 31.4 Å². The summed E-state index contributed by atoms with van der Waals surface area (Å²) in [5.74, 6) is 0.131. The lowest BCUT2D eigenvalue weighted by molar-refractivity contribution is 0.122. The molecule has 0 bridgehead atoms. The summed E-state index contributed by atoms with van der Waals surface area (Å²) < 4.78 is 19.4. The lowest BCUT2D eigenvalue weighted by Gasteiger charge is -2.27. The van der Waals surface area contributed by atoms with Crippen LogP contribution in [-0.4, -0.2) is 71.6 Å². The Hall–Kier alpha value is -3.83. The first kappa shape index (κ1) is 23.3. The van der Waals surface area contributed by atoms with Gasteiger partial charge in [-0.05, 0) is 43.9 Å². The molecule has 0 spiro atoms. The summed E-state index contributed by atoms with van der Waals surface area (Å²) in [5, 5.41) is 17.3. The molecule has 3 heterocycles. The van der Waals surface area contributed by atoms with Gasteiger partial charge in [0.05, 0.1) is 43.2 Å². The third-order valence-corrected chi connectivity index (χ3v) is 4.95. The van der Waals surface area contributed by atoms with Gasteiger partial charge in [0.2, 0.25) is 5.95 Å². The van der Waals surface area contributed by atoms with E-state index in [1.807, 2.05) is 36.0 Å². The fraction of sp³-hybridized carbons (Fsp3) is 0.304. The van der Waals surface area contributed by atoms with Gasteiger partial charge in [0.25, 0.3) is 0 Å². The molecule has 4 rings (SSSR count). The van der Waals surface area contributed by atoms with Crippen molar-refractivity contribution in [3.05, 3.63) is 59.8 Å². The Bertz CT molecular complexity index is 1130. The molecule has 0 saturated carbocycles. The third-order valence-electron chi connectivity index (χ3n) is 4.95. The van der Waals surface area contributed by atoms with Gasteiger partial charge in [-0.25, -0.2) is 14.8 Å². The fourth-order valence-corrected chi connectivity index (χ4v) is 3.49. The van der Waals surface area contributed by atoms with Crippen molar-refractivity contribution in [3.8, 4) is 5.75 Å². The molecule has 1 fully saturated rings. The molecule has 10 nitrogen and oxygen atoms in total. The summed E-state index contributed by atoms with van der Waals surface area (Å²) in [6.07, 6.45) is 4.32. The maximum Gasteiger partial charge on any atom is 0.245 e. The van der Waals surface area contributed by atoms with Crippen LogP contribution in [0, 0.1) is 5.82 Å². The standard InChI is InChI=1S/C23H27FN8O2/c1-31(2)15-16-9-19(11-20(33)10-16)28-18-4-3-17(25-12-18)13-27-30-23-26-14-21(24)22(29-23)32-5-7-34-8-6-32/h3-4,9-14,28,33H,5-8,15H2,1-2H3,(H,26,29,30)/b27-13+. The van der Waals surface area contributed by atoms with Gasteiger partial charge >= 0.3 is 0 Å². The molecule has 3 aromatic rings. The summed E-state index contributed by atoms with van der Waals surface area (Å²) in [5.41, 5.74) is 5.86. The van der Waals surface area contributed by atoms with Crippen molar-refractivity contribution in [2.24, 2.45) is 5.10 Å². The van der Waals surface area contributed by atoms with E-state index in [-0.39, 0.29) is 17.5 Å². The maximum absolute atomic E-state index is 14.1. The van der Waals surface area contributed by atoms with Crippen LogP contribution >= 0.6 is 0 Å². The van der Waals surface area contributed by atoms with E-state index >= 15 is 0 Å². The molecule has 3 N–H and O–H groups in total. The molecule has 178 valence electrons. The summed E-state index contributed by atoms with van der Waals surface area (Å²) in [7, 11) is 3.95. The average Bonchev–Trinajstić information content (AvgIpc) is 2.81. The summed E-state index contributed by atoms with van der Waals surface area (Å²) in [6, 6.07) is 9.03. The molecule has 1 aliphatic rings.